The van der Waals surface area contributed by atoms with Crippen molar-refractivity contribution < 1.29 is 4.79 Å². The molecule has 1 amide bonds. The monoisotopic (exact) mass is 296 g/mol. The first-order valence-corrected chi connectivity index (χ1v) is 7.34. The number of anilines is 1. The highest BCUT2D eigenvalue weighted by Crippen LogP contribution is 2.23. The number of nitrogens with zero attached hydrogens (tertiary/aromatic N) is 3. The number of hydrogen-bond acceptors (Lipinski definition) is 4. The van der Waals surface area contributed by atoms with Crippen LogP contribution in [0.1, 0.15) is 50.4 Å². The maximum atomic E-state index is 12.4. The number of nitrogens with one attached hydrogen (secondary N) is 1. The van der Waals surface area contributed by atoms with Gasteiger partial charge in [0, 0.05) is 24.8 Å². The molecule has 1 fully saturated rings. The molecule has 1 saturated heterocycles. The van der Waals surface area contributed by atoms with Crippen molar-refractivity contribution in [1.29, 1.82) is 0 Å². The fourth-order valence-corrected chi connectivity index (χ4v) is 2.40. The van der Waals surface area contributed by atoms with E-state index in [1.807, 2.05) is 20.8 Å². The molecule has 0 bridgehead atoms. The zero-order valence-corrected chi connectivity index (χ0v) is 13.0. The van der Waals surface area contributed by atoms with Gasteiger partial charge in [-0.2, -0.15) is 4.98 Å². The highest BCUT2D eigenvalue weighted by atomic mass is 35.5. The Kier molecular flexibility index (Phi) is 4.48. The number of carbonyl (C=O) groups is 1. The topological polar surface area (TPSA) is 58.1 Å². The third-order valence-corrected chi connectivity index (χ3v) is 3.31. The van der Waals surface area contributed by atoms with Crippen molar-refractivity contribution in [1.82, 2.24) is 15.3 Å². The maximum absolute atomic E-state index is 12.4. The number of rotatable bonds is 2. The summed E-state index contributed by atoms with van der Waals surface area (Å²) < 4.78 is 0. The Bertz CT molecular complexity index is 492. The van der Waals surface area contributed by atoms with Crippen LogP contribution in [0.15, 0.2) is 6.20 Å². The Labute approximate surface area is 124 Å². The van der Waals surface area contributed by atoms with Crippen LogP contribution in [0.4, 0.5) is 5.82 Å². The summed E-state index contributed by atoms with van der Waals surface area (Å²) in [4.78, 5) is 22.7. The van der Waals surface area contributed by atoms with Crippen LogP contribution in [0.2, 0.25) is 5.28 Å². The van der Waals surface area contributed by atoms with Crippen molar-refractivity contribution in [3.05, 3.63) is 17.0 Å². The Morgan fingerprint density at radius 3 is 2.55 bits per heavy atom. The molecule has 0 radical (unpaired) electrons. The van der Waals surface area contributed by atoms with E-state index < -0.39 is 0 Å². The van der Waals surface area contributed by atoms with E-state index in [0.29, 0.717) is 11.4 Å². The molecule has 1 aromatic rings. The fourth-order valence-electron chi connectivity index (χ4n) is 2.27. The number of aromatic nitrogens is 2. The molecule has 1 aliphatic heterocycles. The second-order valence-electron chi connectivity index (χ2n) is 6.13. The van der Waals surface area contributed by atoms with E-state index >= 15 is 0 Å². The highest BCUT2D eigenvalue weighted by Gasteiger charge is 2.23. The van der Waals surface area contributed by atoms with Gasteiger partial charge in [0.2, 0.25) is 5.28 Å². The first-order valence-electron chi connectivity index (χ1n) is 6.97. The van der Waals surface area contributed by atoms with E-state index in [0.717, 1.165) is 25.9 Å². The number of halogens is 1. The van der Waals surface area contributed by atoms with E-state index in [1.165, 1.54) is 12.6 Å². The zero-order valence-electron chi connectivity index (χ0n) is 12.2. The first kappa shape index (κ1) is 15.0. The van der Waals surface area contributed by atoms with E-state index in [4.69, 9.17) is 11.6 Å². The number of amides is 1. The molecular weight excluding hydrogens is 276 g/mol. The van der Waals surface area contributed by atoms with Gasteiger partial charge < -0.3 is 10.2 Å². The molecular formula is C14H21ClN4O. The van der Waals surface area contributed by atoms with Gasteiger partial charge in [0.05, 0.1) is 0 Å². The normalized spacial score (nSPS) is 16.1. The lowest BCUT2D eigenvalue weighted by Crippen LogP contribution is -2.42. The largest absolute Gasteiger partial charge is 0.356 e. The van der Waals surface area contributed by atoms with Crippen LogP contribution in [0.25, 0.3) is 0 Å². The minimum Gasteiger partial charge on any atom is -0.356 e. The summed E-state index contributed by atoms with van der Waals surface area (Å²) in [6, 6.07) is 0. The summed E-state index contributed by atoms with van der Waals surface area (Å²) in [7, 11) is 0. The summed E-state index contributed by atoms with van der Waals surface area (Å²) in [5, 5.41) is 3.12. The molecule has 2 heterocycles. The third kappa shape index (κ3) is 3.82. The van der Waals surface area contributed by atoms with Crippen molar-refractivity contribution in [2.24, 2.45) is 0 Å². The maximum Gasteiger partial charge on any atom is 0.257 e. The van der Waals surface area contributed by atoms with E-state index in [1.54, 1.807) is 0 Å². The van der Waals surface area contributed by atoms with Gasteiger partial charge in [-0.25, -0.2) is 4.98 Å². The molecule has 20 heavy (non-hydrogen) atoms. The predicted molar refractivity (Wildman–Crippen MR) is 80.3 cm³/mol. The van der Waals surface area contributed by atoms with Gasteiger partial charge in [-0.3, -0.25) is 4.79 Å². The van der Waals surface area contributed by atoms with Gasteiger partial charge in [-0.05, 0) is 51.6 Å². The Morgan fingerprint density at radius 2 is 1.95 bits per heavy atom. The first-order chi connectivity index (χ1) is 9.37. The van der Waals surface area contributed by atoms with Gasteiger partial charge in [0.15, 0.2) is 0 Å². The lowest BCUT2D eigenvalue weighted by molar-refractivity contribution is 0.0919. The number of hydrogen-bond donors (Lipinski definition) is 1. The second kappa shape index (κ2) is 5.95. The van der Waals surface area contributed by atoms with Gasteiger partial charge in [0.1, 0.15) is 11.4 Å². The zero-order chi connectivity index (χ0) is 14.8. The molecule has 6 heteroatoms. The van der Waals surface area contributed by atoms with Crippen molar-refractivity contribution in [2.75, 3.05) is 18.0 Å². The van der Waals surface area contributed by atoms with E-state index in [2.05, 4.69) is 20.2 Å². The van der Waals surface area contributed by atoms with Crippen LogP contribution in [0.3, 0.4) is 0 Å². The lowest BCUT2D eigenvalue weighted by Gasteiger charge is -2.29. The van der Waals surface area contributed by atoms with Crippen molar-refractivity contribution in [2.45, 2.75) is 45.6 Å². The van der Waals surface area contributed by atoms with Gasteiger partial charge in [-0.15, -0.1) is 0 Å². The van der Waals surface area contributed by atoms with Gasteiger partial charge in [-0.1, -0.05) is 0 Å². The summed E-state index contributed by atoms with van der Waals surface area (Å²) in [5.74, 6) is 0.487. The standard InChI is InChI=1S/C14H21ClN4O/c1-14(2,3)18-12(20)10-9-16-13(15)17-11(10)19-7-5-4-6-8-19/h9H,4-8H2,1-3H3,(H,18,20). The lowest BCUT2D eigenvalue weighted by atomic mass is 10.1. The molecule has 0 aromatic carbocycles. The average molecular weight is 297 g/mol. The van der Waals surface area contributed by atoms with E-state index in [-0.39, 0.29) is 16.7 Å². The molecule has 110 valence electrons. The smallest absolute Gasteiger partial charge is 0.257 e. The molecule has 1 aromatic heterocycles. The Balaban J connectivity index is 2.30. The number of piperidine rings is 1. The minimum absolute atomic E-state index is 0.158. The quantitative estimate of drug-likeness (QED) is 0.853. The molecule has 0 aliphatic carbocycles. The SMILES string of the molecule is CC(C)(C)NC(=O)c1cnc(Cl)nc1N1CCCCC1. The Hall–Kier alpha value is -1.36. The summed E-state index contributed by atoms with van der Waals surface area (Å²) >= 11 is 5.89. The molecule has 1 aliphatic rings. The Morgan fingerprint density at radius 1 is 1.30 bits per heavy atom. The van der Waals surface area contributed by atoms with Crippen LogP contribution >= 0.6 is 11.6 Å². The summed E-state index contributed by atoms with van der Waals surface area (Å²) in [5.41, 5.74) is 0.196. The molecule has 2 rings (SSSR count). The highest BCUT2D eigenvalue weighted by molar-refractivity contribution is 6.28. The second-order valence-corrected chi connectivity index (χ2v) is 6.47. The molecule has 0 spiro atoms. The third-order valence-electron chi connectivity index (χ3n) is 3.13. The van der Waals surface area contributed by atoms with Crippen molar-refractivity contribution in [3.63, 3.8) is 0 Å². The van der Waals surface area contributed by atoms with Crippen LogP contribution in [-0.2, 0) is 0 Å². The number of carbonyl (C=O) groups excluding carboxylic acids is 1. The molecule has 0 atom stereocenters. The van der Waals surface area contributed by atoms with Crippen LogP contribution in [-0.4, -0.2) is 34.5 Å². The van der Waals surface area contributed by atoms with Gasteiger partial charge >= 0.3 is 0 Å². The van der Waals surface area contributed by atoms with Crippen molar-refractivity contribution in [3.8, 4) is 0 Å². The predicted octanol–water partition coefficient (Wildman–Crippen LogP) is 2.65. The summed E-state index contributed by atoms with van der Waals surface area (Å²) in [6.45, 7) is 7.65. The fraction of sp³-hybridized carbons (Fsp3) is 0.643. The van der Waals surface area contributed by atoms with Crippen LogP contribution in [0, 0.1) is 0 Å². The minimum atomic E-state index is -0.296. The summed E-state index contributed by atoms with van der Waals surface area (Å²) in [6.07, 6.45) is 4.96. The van der Waals surface area contributed by atoms with E-state index in [9.17, 15) is 4.79 Å². The van der Waals surface area contributed by atoms with Crippen LogP contribution in [0.5, 0.6) is 0 Å². The molecule has 0 unspecified atom stereocenters. The van der Waals surface area contributed by atoms with Crippen molar-refractivity contribution >= 4 is 23.3 Å². The van der Waals surface area contributed by atoms with Gasteiger partial charge in [0.25, 0.3) is 5.91 Å². The average Bonchev–Trinajstić information content (AvgIpc) is 2.37. The van der Waals surface area contributed by atoms with Crippen LogP contribution < -0.4 is 10.2 Å². The molecule has 5 nitrogen and oxygen atoms in total. The molecule has 0 saturated carbocycles. The molecule has 1 N–H and O–H groups in total.